The molecule has 0 spiro atoms. The number of rotatable bonds is 9. The Balaban J connectivity index is 1.60. The molecule has 0 saturated heterocycles. The van der Waals surface area contributed by atoms with E-state index in [4.69, 9.17) is 23.2 Å². The zero-order valence-corrected chi connectivity index (χ0v) is 18.5. The standard InChI is InChI=1S/C25H28Cl2N2/c1-29(2)24-13-7-19(8-14-24)18-28-16-15-21(20-9-11-23(26)12-10-20)17-22-5-3-4-6-25(22)27/h3-14,21,28H,15-18H2,1-2H3. The van der Waals surface area contributed by atoms with E-state index in [0.717, 1.165) is 36.0 Å². The van der Waals surface area contributed by atoms with Gasteiger partial charge in [-0.25, -0.2) is 0 Å². The number of benzene rings is 3. The predicted octanol–water partition coefficient (Wildman–Crippen LogP) is 6.57. The molecule has 152 valence electrons. The van der Waals surface area contributed by atoms with Crippen molar-refractivity contribution in [3.05, 3.63) is 99.5 Å². The Morgan fingerprint density at radius 1 is 0.862 bits per heavy atom. The Hall–Kier alpha value is -2.00. The number of nitrogens with zero attached hydrogens (tertiary/aromatic N) is 1. The lowest BCUT2D eigenvalue weighted by atomic mass is 9.89. The van der Waals surface area contributed by atoms with Crippen LogP contribution in [0.4, 0.5) is 5.69 Å². The molecule has 0 aliphatic rings. The lowest BCUT2D eigenvalue weighted by molar-refractivity contribution is 0.564. The lowest BCUT2D eigenvalue weighted by Crippen LogP contribution is -2.18. The monoisotopic (exact) mass is 426 g/mol. The summed E-state index contributed by atoms with van der Waals surface area (Å²) in [7, 11) is 4.12. The lowest BCUT2D eigenvalue weighted by Gasteiger charge is -2.19. The van der Waals surface area contributed by atoms with E-state index in [1.165, 1.54) is 22.4 Å². The van der Waals surface area contributed by atoms with Gasteiger partial charge in [0.05, 0.1) is 0 Å². The van der Waals surface area contributed by atoms with Crippen LogP contribution in [0.1, 0.15) is 29.0 Å². The second-order valence-electron chi connectivity index (χ2n) is 7.57. The highest BCUT2D eigenvalue weighted by atomic mass is 35.5. The minimum absolute atomic E-state index is 0.385. The highest BCUT2D eigenvalue weighted by Crippen LogP contribution is 2.28. The quantitative estimate of drug-likeness (QED) is 0.389. The summed E-state index contributed by atoms with van der Waals surface area (Å²) in [6.07, 6.45) is 1.95. The third-order valence-electron chi connectivity index (χ3n) is 5.22. The van der Waals surface area contributed by atoms with Crippen molar-refractivity contribution in [1.82, 2.24) is 5.32 Å². The van der Waals surface area contributed by atoms with Crippen molar-refractivity contribution in [1.29, 1.82) is 0 Å². The van der Waals surface area contributed by atoms with Crippen LogP contribution in [-0.4, -0.2) is 20.6 Å². The summed E-state index contributed by atoms with van der Waals surface area (Å²) in [4.78, 5) is 2.11. The van der Waals surface area contributed by atoms with Crippen molar-refractivity contribution >= 4 is 28.9 Å². The molecular formula is C25H28Cl2N2. The molecule has 3 aromatic carbocycles. The first-order valence-electron chi connectivity index (χ1n) is 9.99. The third-order valence-corrected chi connectivity index (χ3v) is 5.84. The van der Waals surface area contributed by atoms with Gasteiger partial charge in [-0.1, -0.05) is 65.7 Å². The number of nitrogens with one attached hydrogen (secondary N) is 1. The SMILES string of the molecule is CN(C)c1ccc(CNCCC(Cc2ccccc2Cl)c2ccc(Cl)cc2)cc1. The molecule has 0 aliphatic carbocycles. The molecule has 1 atom stereocenters. The summed E-state index contributed by atoms with van der Waals surface area (Å²) < 4.78 is 0. The molecule has 3 aromatic rings. The molecule has 1 unspecified atom stereocenters. The number of halogens is 2. The molecule has 3 rings (SSSR count). The van der Waals surface area contributed by atoms with Crippen molar-refractivity contribution in [2.75, 3.05) is 25.5 Å². The highest BCUT2D eigenvalue weighted by molar-refractivity contribution is 6.31. The minimum atomic E-state index is 0.385. The first kappa shape index (κ1) is 21.7. The van der Waals surface area contributed by atoms with E-state index in [2.05, 4.69) is 72.8 Å². The normalized spacial score (nSPS) is 12.0. The van der Waals surface area contributed by atoms with Crippen molar-refractivity contribution in [2.45, 2.75) is 25.3 Å². The maximum absolute atomic E-state index is 6.42. The fraction of sp³-hybridized carbons (Fsp3) is 0.280. The maximum atomic E-state index is 6.42. The second-order valence-corrected chi connectivity index (χ2v) is 8.41. The van der Waals surface area contributed by atoms with Gasteiger partial charge in [0, 0.05) is 36.4 Å². The number of anilines is 1. The summed E-state index contributed by atoms with van der Waals surface area (Å²) in [5.74, 6) is 0.385. The molecule has 1 N–H and O–H groups in total. The van der Waals surface area contributed by atoms with Gasteiger partial charge in [0.25, 0.3) is 0 Å². The molecule has 0 radical (unpaired) electrons. The van der Waals surface area contributed by atoms with E-state index in [0.29, 0.717) is 5.92 Å². The Kier molecular flexibility index (Phi) is 8.00. The number of hydrogen-bond acceptors (Lipinski definition) is 2. The van der Waals surface area contributed by atoms with E-state index in [9.17, 15) is 0 Å². The van der Waals surface area contributed by atoms with E-state index < -0.39 is 0 Å². The summed E-state index contributed by atoms with van der Waals surface area (Å²) in [6, 6.07) is 25.0. The third kappa shape index (κ3) is 6.50. The van der Waals surface area contributed by atoms with Crippen LogP contribution in [0.3, 0.4) is 0 Å². The van der Waals surface area contributed by atoms with Gasteiger partial charge in [-0.3, -0.25) is 0 Å². The maximum Gasteiger partial charge on any atom is 0.0438 e. The van der Waals surface area contributed by atoms with Gasteiger partial charge in [0.2, 0.25) is 0 Å². The van der Waals surface area contributed by atoms with Crippen LogP contribution in [-0.2, 0) is 13.0 Å². The van der Waals surface area contributed by atoms with Crippen LogP contribution >= 0.6 is 23.2 Å². The summed E-state index contributed by atoms with van der Waals surface area (Å²) in [5, 5.41) is 5.19. The smallest absolute Gasteiger partial charge is 0.0438 e. The molecule has 4 heteroatoms. The molecule has 29 heavy (non-hydrogen) atoms. The molecule has 0 saturated carbocycles. The highest BCUT2D eigenvalue weighted by Gasteiger charge is 2.14. The van der Waals surface area contributed by atoms with Crippen molar-refractivity contribution in [3.63, 3.8) is 0 Å². The molecule has 0 amide bonds. The zero-order valence-electron chi connectivity index (χ0n) is 17.0. The fourth-order valence-corrected chi connectivity index (χ4v) is 3.81. The zero-order chi connectivity index (χ0) is 20.6. The first-order chi connectivity index (χ1) is 14.0. The van der Waals surface area contributed by atoms with E-state index >= 15 is 0 Å². The largest absolute Gasteiger partial charge is 0.378 e. The van der Waals surface area contributed by atoms with E-state index in [1.54, 1.807) is 0 Å². The average Bonchev–Trinajstić information content (AvgIpc) is 2.72. The van der Waals surface area contributed by atoms with Crippen LogP contribution < -0.4 is 10.2 Å². The molecule has 0 heterocycles. The van der Waals surface area contributed by atoms with Gasteiger partial charge in [0.15, 0.2) is 0 Å². The van der Waals surface area contributed by atoms with Gasteiger partial charge in [-0.2, -0.15) is 0 Å². The summed E-state index contributed by atoms with van der Waals surface area (Å²) in [6.45, 7) is 1.81. The van der Waals surface area contributed by atoms with Crippen molar-refractivity contribution < 1.29 is 0 Å². The average molecular weight is 427 g/mol. The Morgan fingerprint density at radius 3 is 2.21 bits per heavy atom. The van der Waals surface area contributed by atoms with Crippen LogP contribution in [0.15, 0.2) is 72.8 Å². The van der Waals surface area contributed by atoms with Gasteiger partial charge < -0.3 is 10.2 Å². The van der Waals surface area contributed by atoms with Crippen LogP contribution in [0.2, 0.25) is 10.0 Å². The van der Waals surface area contributed by atoms with E-state index in [1.807, 2.05) is 24.3 Å². The molecule has 0 bridgehead atoms. The van der Waals surface area contributed by atoms with Gasteiger partial charge in [-0.15, -0.1) is 0 Å². The minimum Gasteiger partial charge on any atom is -0.378 e. The van der Waals surface area contributed by atoms with E-state index in [-0.39, 0.29) is 0 Å². The Bertz CT molecular complexity index is 889. The first-order valence-corrected chi connectivity index (χ1v) is 10.7. The molecule has 2 nitrogen and oxygen atoms in total. The van der Waals surface area contributed by atoms with Crippen LogP contribution in [0.25, 0.3) is 0 Å². The topological polar surface area (TPSA) is 15.3 Å². The number of hydrogen-bond donors (Lipinski definition) is 1. The fourth-order valence-electron chi connectivity index (χ4n) is 3.47. The van der Waals surface area contributed by atoms with Gasteiger partial charge in [-0.05, 0) is 72.3 Å². The predicted molar refractivity (Wildman–Crippen MR) is 126 cm³/mol. The Morgan fingerprint density at radius 2 is 1.55 bits per heavy atom. The summed E-state index contributed by atoms with van der Waals surface area (Å²) >= 11 is 12.5. The van der Waals surface area contributed by atoms with Crippen LogP contribution in [0, 0.1) is 0 Å². The molecular weight excluding hydrogens is 399 g/mol. The van der Waals surface area contributed by atoms with Gasteiger partial charge >= 0.3 is 0 Å². The van der Waals surface area contributed by atoms with Crippen molar-refractivity contribution in [3.8, 4) is 0 Å². The molecule has 0 aliphatic heterocycles. The van der Waals surface area contributed by atoms with Crippen LogP contribution in [0.5, 0.6) is 0 Å². The van der Waals surface area contributed by atoms with Gasteiger partial charge in [0.1, 0.15) is 0 Å². The Labute approximate surface area is 184 Å². The summed E-state index contributed by atoms with van der Waals surface area (Å²) in [5.41, 5.74) is 5.00. The molecule has 0 fully saturated rings. The van der Waals surface area contributed by atoms with Crippen molar-refractivity contribution in [2.24, 2.45) is 0 Å². The second kappa shape index (κ2) is 10.7. The molecule has 0 aromatic heterocycles.